The van der Waals surface area contributed by atoms with E-state index in [1.165, 1.54) is 0 Å². The van der Waals surface area contributed by atoms with Crippen LogP contribution in [0, 0.1) is 5.41 Å². The summed E-state index contributed by atoms with van der Waals surface area (Å²) in [5.74, 6) is 0.687. The van der Waals surface area contributed by atoms with Crippen LogP contribution in [0.15, 0.2) is 0 Å². The molecule has 0 aromatic heterocycles. The number of morpholine rings is 1. The maximum atomic E-state index is 5.88. The molecule has 0 amide bonds. The lowest BCUT2D eigenvalue weighted by molar-refractivity contribution is -0.0258. The first-order chi connectivity index (χ1) is 7.57. The summed E-state index contributed by atoms with van der Waals surface area (Å²) in [7, 11) is 0. The van der Waals surface area contributed by atoms with E-state index in [4.69, 9.17) is 16.3 Å². The van der Waals surface area contributed by atoms with Crippen LogP contribution in [0.5, 0.6) is 0 Å². The van der Waals surface area contributed by atoms with Crippen LogP contribution in [0.1, 0.15) is 20.8 Å². The Hall–Kier alpha value is 0.170. The molecule has 1 saturated heterocycles. The van der Waals surface area contributed by atoms with Crippen LogP contribution in [0.25, 0.3) is 0 Å². The second-order valence-corrected chi connectivity index (χ2v) is 5.58. The Bertz CT molecular complexity index is 199. The minimum atomic E-state index is 0.167. The summed E-state index contributed by atoms with van der Waals surface area (Å²) in [6.45, 7) is 12.5. The number of alkyl halides is 1. The second-order valence-electron chi connectivity index (χ2n) is 5.31. The number of likely N-dealkylation sites (N-methyl/N-ethyl adjacent to an activating group) is 1. The van der Waals surface area contributed by atoms with Gasteiger partial charge in [0, 0.05) is 32.1 Å². The van der Waals surface area contributed by atoms with E-state index in [0.717, 1.165) is 39.3 Å². The van der Waals surface area contributed by atoms with Gasteiger partial charge in [0.1, 0.15) is 0 Å². The van der Waals surface area contributed by atoms with E-state index in [9.17, 15) is 0 Å². The lowest BCUT2D eigenvalue weighted by atomic mass is 9.96. The highest BCUT2D eigenvalue weighted by molar-refractivity contribution is 6.18. The van der Waals surface area contributed by atoms with E-state index >= 15 is 0 Å². The molecule has 0 radical (unpaired) electrons. The van der Waals surface area contributed by atoms with Gasteiger partial charge in [-0.05, 0) is 12.0 Å². The van der Waals surface area contributed by atoms with Crippen LogP contribution in [0.3, 0.4) is 0 Å². The van der Waals surface area contributed by atoms with Crippen molar-refractivity contribution in [1.29, 1.82) is 0 Å². The predicted molar refractivity (Wildman–Crippen MR) is 69.2 cm³/mol. The number of rotatable bonds is 6. The van der Waals surface area contributed by atoms with Crippen molar-refractivity contribution in [2.75, 3.05) is 45.2 Å². The molecule has 3 nitrogen and oxygen atoms in total. The van der Waals surface area contributed by atoms with E-state index in [1.54, 1.807) is 0 Å². The van der Waals surface area contributed by atoms with Crippen LogP contribution >= 0.6 is 11.6 Å². The van der Waals surface area contributed by atoms with Crippen molar-refractivity contribution in [1.82, 2.24) is 10.2 Å². The molecule has 1 N–H and O–H groups in total. The van der Waals surface area contributed by atoms with Crippen molar-refractivity contribution >= 4 is 11.6 Å². The molecule has 0 spiro atoms. The van der Waals surface area contributed by atoms with Crippen molar-refractivity contribution in [3.05, 3.63) is 0 Å². The third-order valence-electron chi connectivity index (χ3n) is 3.01. The van der Waals surface area contributed by atoms with Gasteiger partial charge in [-0.2, -0.15) is 0 Å². The Morgan fingerprint density at radius 2 is 2.25 bits per heavy atom. The number of hydrogen-bond donors (Lipinski definition) is 1. The number of nitrogens with one attached hydrogen (secondary N) is 1. The molecular weight excluding hydrogens is 224 g/mol. The molecule has 0 aliphatic carbocycles. The minimum Gasteiger partial charge on any atom is -0.374 e. The molecule has 1 aliphatic rings. The molecule has 1 fully saturated rings. The van der Waals surface area contributed by atoms with E-state index < -0.39 is 0 Å². The van der Waals surface area contributed by atoms with E-state index in [2.05, 4.69) is 31.0 Å². The van der Waals surface area contributed by atoms with Crippen molar-refractivity contribution in [2.45, 2.75) is 26.9 Å². The Kier molecular flexibility index (Phi) is 6.05. The standard InChI is InChI=1S/C12H25ClN2O/c1-4-15-5-6-16-11(8-15)7-14-10-12(2,3)9-13/h11,14H,4-10H2,1-3H3. The molecule has 96 valence electrons. The maximum Gasteiger partial charge on any atom is 0.0826 e. The van der Waals surface area contributed by atoms with E-state index in [-0.39, 0.29) is 5.41 Å². The molecule has 1 rings (SSSR count). The highest BCUT2D eigenvalue weighted by atomic mass is 35.5. The fraction of sp³-hybridized carbons (Fsp3) is 1.00. The van der Waals surface area contributed by atoms with E-state index in [0.29, 0.717) is 12.0 Å². The summed E-state index contributed by atoms with van der Waals surface area (Å²) >= 11 is 5.88. The smallest absolute Gasteiger partial charge is 0.0826 e. The van der Waals surface area contributed by atoms with Crippen LogP contribution in [0.4, 0.5) is 0 Å². The first kappa shape index (κ1) is 14.2. The van der Waals surface area contributed by atoms with Gasteiger partial charge in [0.2, 0.25) is 0 Å². The molecule has 1 aliphatic heterocycles. The third-order valence-corrected chi connectivity index (χ3v) is 3.73. The minimum absolute atomic E-state index is 0.167. The first-order valence-corrected chi connectivity index (χ1v) is 6.71. The van der Waals surface area contributed by atoms with Crippen molar-refractivity contribution < 1.29 is 4.74 Å². The van der Waals surface area contributed by atoms with Crippen LogP contribution in [0.2, 0.25) is 0 Å². The average molecular weight is 249 g/mol. The van der Waals surface area contributed by atoms with Gasteiger partial charge in [0.15, 0.2) is 0 Å². The molecule has 1 unspecified atom stereocenters. The largest absolute Gasteiger partial charge is 0.374 e. The average Bonchev–Trinajstić information content (AvgIpc) is 2.29. The predicted octanol–water partition coefficient (Wildman–Crippen LogP) is 1.56. The van der Waals surface area contributed by atoms with Crippen LogP contribution in [-0.2, 0) is 4.74 Å². The Morgan fingerprint density at radius 3 is 2.88 bits per heavy atom. The molecule has 16 heavy (non-hydrogen) atoms. The SMILES string of the molecule is CCN1CCOC(CNCC(C)(C)CCl)C1. The fourth-order valence-corrected chi connectivity index (χ4v) is 1.90. The molecule has 0 aromatic carbocycles. The van der Waals surface area contributed by atoms with Crippen molar-refractivity contribution in [3.63, 3.8) is 0 Å². The van der Waals surface area contributed by atoms with Gasteiger partial charge < -0.3 is 10.1 Å². The normalized spacial score (nSPS) is 23.6. The van der Waals surface area contributed by atoms with Crippen molar-refractivity contribution in [3.8, 4) is 0 Å². The van der Waals surface area contributed by atoms with Gasteiger partial charge in [-0.25, -0.2) is 0 Å². The molecule has 4 heteroatoms. The number of halogens is 1. The fourth-order valence-electron chi connectivity index (χ4n) is 1.81. The molecule has 0 bridgehead atoms. The summed E-state index contributed by atoms with van der Waals surface area (Å²) in [4.78, 5) is 2.43. The zero-order valence-corrected chi connectivity index (χ0v) is 11.5. The Labute approximate surface area is 104 Å². The first-order valence-electron chi connectivity index (χ1n) is 6.18. The van der Waals surface area contributed by atoms with Gasteiger partial charge in [-0.1, -0.05) is 20.8 Å². The monoisotopic (exact) mass is 248 g/mol. The second kappa shape index (κ2) is 6.80. The zero-order valence-electron chi connectivity index (χ0n) is 10.8. The number of ether oxygens (including phenoxy) is 1. The highest BCUT2D eigenvalue weighted by Crippen LogP contribution is 2.15. The number of hydrogen-bond acceptors (Lipinski definition) is 3. The van der Waals surface area contributed by atoms with Gasteiger partial charge in [-0.3, -0.25) is 4.90 Å². The van der Waals surface area contributed by atoms with Crippen LogP contribution in [-0.4, -0.2) is 56.2 Å². The summed E-state index contributed by atoms with van der Waals surface area (Å²) in [5, 5.41) is 3.45. The molecule has 1 atom stereocenters. The molecule has 1 heterocycles. The lowest BCUT2D eigenvalue weighted by Crippen LogP contribution is -2.47. The summed E-state index contributed by atoms with van der Waals surface area (Å²) < 4.78 is 5.72. The Morgan fingerprint density at radius 1 is 1.50 bits per heavy atom. The maximum absolute atomic E-state index is 5.88. The van der Waals surface area contributed by atoms with Gasteiger partial charge in [-0.15, -0.1) is 11.6 Å². The number of nitrogens with zero attached hydrogens (tertiary/aromatic N) is 1. The quantitative estimate of drug-likeness (QED) is 0.723. The molecular formula is C12H25ClN2O. The van der Waals surface area contributed by atoms with Crippen molar-refractivity contribution in [2.24, 2.45) is 5.41 Å². The third kappa shape index (κ3) is 5.00. The lowest BCUT2D eigenvalue weighted by Gasteiger charge is -2.33. The Balaban J connectivity index is 2.17. The zero-order chi connectivity index (χ0) is 12.0. The van der Waals surface area contributed by atoms with Crippen LogP contribution < -0.4 is 5.32 Å². The summed E-state index contributed by atoms with van der Waals surface area (Å²) in [6, 6.07) is 0. The molecule has 0 aromatic rings. The topological polar surface area (TPSA) is 24.5 Å². The van der Waals surface area contributed by atoms with Gasteiger partial charge in [0.05, 0.1) is 12.7 Å². The van der Waals surface area contributed by atoms with E-state index in [1.807, 2.05) is 0 Å². The van der Waals surface area contributed by atoms with Gasteiger partial charge >= 0.3 is 0 Å². The van der Waals surface area contributed by atoms with Gasteiger partial charge in [0.25, 0.3) is 0 Å². The summed E-state index contributed by atoms with van der Waals surface area (Å²) in [6.07, 6.45) is 0.333. The highest BCUT2D eigenvalue weighted by Gasteiger charge is 2.20. The molecule has 0 saturated carbocycles. The summed E-state index contributed by atoms with van der Waals surface area (Å²) in [5.41, 5.74) is 0.167.